The lowest BCUT2D eigenvalue weighted by atomic mass is 9.88. The average molecular weight is 801 g/mol. The summed E-state index contributed by atoms with van der Waals surface area (Å²) in [5.74, 6) is -0.389. The molecule has 0 saturated heterocycles. The molecule has 0 fully saturated rings. The number of nitrogens with one attached hydrogen (secondary N) is 2. The molecule has 0 saturated carbocycles. The van der Waals surface area contributed by atoms with E-state index in [0.717, 1.165) is 34.2 Å². The highest BCUT2D eigenvalue weighted by Gasteiger charge is 2.28. The fourth-order valence-corrected chi connectivity index (χ4v) is 6.24. The smallest absolute Gasteiger partial charge is 0.251 e. The number of amides is 3. The number of halogens is 1. The number of hydrogen-bond donors (Lipinski definition) is 5. The molecule has 0 heterocycles. The zero-order chi connectivity index (χ0) is 40.5. The number of benzene rings is 4. The zero-order valence-corrected chi connectivity index (χ0v) is 34.0. The fourth-order valence-electron chi connectivity index (χ4n) is 6.24. The van der Waals surface area contributed by atoms with E-state index in [1.54, 1.807) is 19.2 Å². The summed E-state index contributed by atoms with van der Waals surface area (Å²) in [5, 5.41) is 25.9. The monoisotopic (exact) mass is 800 g/mol. The first-order chi connectivity index (χ1) is 27.0. The summed E-state index contributed by atoms with van der Waals surface area (Å²) in [6.07, 6.45) is -0.00295. The molecule has 3 amide bonds. The Kier molecular flexibility index (Phi) is 19.3. The number of hydrogen-bond acceptors (Lipinski definition) is 8. The minimum Gasteiger partial charge on any atom is -0.508 e. The highest BCUT2D eigenvalue weighted by atomic mass is 35.5. The van der Waals surface area contributed by atoms with Crippen LogP contribution in [0.25, 0.3) is 11.1 Å². The van der Waals surface area contributed by atoms with Crippen LogP contribution in [-0.4, -0.2) is 91.0 Å². The van der Waals surface area contributed by atoms with Crippen molar-refractivity contribution in [2.45, 2.75) is 58.2 Å². The maximum absolute atomic E-state index is 13.0. The van der Waals surface area contributed by atoms with Gasteiger partial charge in [-0.05, 0) is 82.8 Å². The van der Waals surface area contributed by atoms with Crippen molar-refractivity contribution in [1.82, 2.24) is 15.5 Å². The van der Waals surface area contributed by atoms with Crippen molar-refractivity contribution in [1.29, 1.82) is 0 Å². The number of phenols is 1. The van der Waals surface area contributed by atoms with Crippen molar-refractivity contribution < 1.29 is 34.1 Å². The van der Waals surface area contributed by atoms with Gasteiger partial charge >= 0.3 is 0 Å². The third-order valence-corrected chi connectivity index (χ3v) is 9.30. The first-order valence-corrected chi connectivity index (χ1v) is 19.1. The molecule has 0 aromatic heterocycles. The van der Waals surface area contributed by atoms with Gasteiger partial charge in [0.1, 0.15) is 36.9 Å². The maximum atomic E-state index is 13.0. The number of likely N-dealkylation sites (N-methyl/N-ethyl adjacent to an activating group) is 1. The zero-order valence-electron chi connectivity index (χ0n) is 33.2. The lowest BCUT2D eigenvalue weighted by Gasteiger charge is -2.24. The van der Waals surface area contributed by atoms with E-state index in [2.05, 4.69) is 29.7 Å². The number of aliphatic hydroxyl groups is 1. The number of allylic oxidation sites excluding steroid dienone is 1. The van der Waals surface area contributed by atoms with E-state index >= 15 is 0 Å². The van der Waals surface area contributed by atoms with Gasteiger partial charge in [-0.1, -0.05) is 106 Å². The lowest BCUT2D eigenvalue weighted by Crippen LogP contribution is -2.54. The van der Waals surface area contributed by atoms with Crippen LogP contribution in [-0.2, 0) is 25.5 Å². The van der Waals surface area contributed by atoms with Gasteiger partial charge in [0.05, 0.1) is 13.2 Å². The minimum atomic E-state index is -1.48. The number of nitrogens with two attached hydrogens (primary N) is 1. The molecule has 0 unspecified atom stereocenters. The minimum absolute atomic E-state index is 0. The van der Waals surface area contributed by atoms with Crippen LogP contribution in [0.1, 0.15) is 55.9 Å². The van der Waals surface area contributed by atoms with Crippen LogP contribution in [0.3, 0.4) is 0 Å². The molecule has 0 spiro atoms. The van der Waals surface area contributed by atoms with Gasteiger partial charge in [0.15, 0.2) is 0 Å². The third kappa shape index (κ3) is 14.7. The van der Waals surface area contributed by atoms with Crippen LogP contribution in [0.15, 0.2) is 109 Å². The van der Waals surface area contributed by atoms with Gasteiger partial charge in [-0.15, -0.1) is 12.4 Å². The summed E-state index contributed by atoms with van der Waals surface area (Å²) >= 11 is 0. The maximum Gasteiger partial charge on any atom is 0.251 e. The van der Waals surface area contributed by atoms with E-state index in [0.29, 0.717) is 25.1 Å². The van der Waals surface area contributed by atoms with Gasteiger partial charge < -0.3 is 41.0 Å². The van der Waals surface area contributed by atoms with Gasteiger partial charge in [0, 0.05) is 19.6 Å². The number of phenolic OH excluding ortho intramolecular Hbond substituents is 1. The fraction of sp³-hybridized carbons (Fsp3) is 0.356. The quantitative estimate of drug-likeness (QED) is 0.0536. The number of carbonyl (C=O) groups is 3. The third-order valence-electron chi connectivity index (χ3n) is 9.30. The molecule has 4 aromatic rings. The summed E-state index contributed by atoms with van der Waals surface area (Å²) in [6.45, 7) is 6.65. The van der Waals surface area contributed by atoms with E-state index in [-0.39, 0.29) is 56.3 Å². The van der Waals surface area contributed by atoms with Gasteiger partial charge in [-0.2, -0.15) is 0 Å². The predicted octanol–water partition coefficient (Wildman–Crippen LogP) is 5.61. The highest BCUT2D eigenvalue weighted by molar-refractivity contribution is 5.98. The molecule has 0 aliphatic carbocycles. The number of aromatic hydroxyl groups is 1. The van der Waals surface area contributed by atoms with E-state index in [4.69, 9.17) is 15.2 Å². The molecule has 3 atom stereocenters. The van der Waals surface area contributed by atoms with Crippen molar-refractivity contribution in [2.75, 3.05) is 40.0 Å². The molecule has 6 N–H and O–H groups in total. The lowest BCUT2D eigenvalue weighted by molar-refractivity contribution is -0.136. The summed E-state index contributed by atoms with van der Waals surface area (Å²) < 4.78 is 11.5. The molecule has 4 rings (SSSR count). The Balaban J connectivity index is 0.00000870. The van der Waals surface area contributed by atoms with Crippen molar-refractivity contribution in [2.24, 2.45) is 11.7 Å². The summed E-state index contributed by atoms with van der Waals surface area (Å²) in [4.78, 5) is 40.0. The summed E-state index contributed by atoms with van der Waals surface area (Å²) in [7, 11) is 1.67. The van der Waals surface area contributed by atoms with Crippen LogP contribution in [0.2, 0.25) is 0 Å². The van der Waals surface area contributed by atoms with Crippen molar-refractivity contribution in [3.8, 4) is 11.5 Å². The Morgan fingerprint density at radius 2 is 1.40 bits per heavy atom. The number of rotatable bonds is 21. The molecule has 11 nitrogen and oxygen atoms in total. The standard InChI is InChI=1S/C45H56N4O7.ClH/c1-5-38(33-14-10-7-11-15-33)42(34-16-20-36(50)21-17-34)35-18-22-37(23-19-35)56-27-25-49(4)41(51)30-55-26-24-47-44(53)40(28-31(2)3)48-45(54)43(52)39(46)29-32-12-8-6-9-13-32;/h6-23,31,39-40,43,50,52H,5,24-30,46H2,1-4H3,(H,47,53)(H,48,54);1H/b42-38-;/t39-,40+,43+;/m1./s1. The number of nitrogens with zero attached hydrogens (tertiary/aromatic N) is 1. The number of aliphatic hydroxyl groups excluding tert-OH is 1. The van der Waals surface area contributed by atoms with Gasteiger partial charge in [-0.3, -0.25) is 14.4 Å². The second-order valence-electron chi connectivity index (χ2n) is 14.1. The topological polar surface area (TPSA) is 163 Å². The molecule has 0 aliphatic heterocycles. The second-order valence-corrected chi connectivity index (χ2v) is 14.1. The first-order valence-electron chi connectivity index (χ1n) is 19.1. The Hall–Kier alpha value is -5.20. The van der Waals surface area contributed by atoms with E-state index in [1.165, 1.54) is 10.5 Å². The molecular formula is C45H57ClN4O7. The van der Waals surface area contributed by atoms with Crippen molar-refractivity contribution in [3.63, 3.8) is 0 Å². The molecule has 0 aliphatic rings. The normalized spacial score (nSPS) is 13.0. The molecule has 0 radical (unpaired) electrons. The van der Waals surface area contributed by atoms with Gasteiger partial charge in [-0.25, -0.2) is 0 Å². The Morgan fingerprint density at radius 1 is 0.807 bits per heavy atom. The van der Waals surface area contributed by atoms with E-state index < -0.39 is 30.0 Å². The second kappa shape index (κ2) is 23.8. The SMILES string of the molecule is CC/C(=C(\c1ccc(O)cc1)c1ccc(OCCN(C)C(=O)COCCNC(=O)[C@H](CC(C)C)NC(=O)[C@@H](O)[C@H](N)Cc2ccccc2)cc1)c1ccccc1.Cl. The van der Waals surface area contributed by atoms with Crippen LogP contribution >= 0.6 is 12.4 Å². The first kappa shape index (κ1) is 46.2. The molecule has 0 bridgehead atoms. The average Bonchev–Trinajstić information content (AvgIpc) is 3.20. The molecule has 4 aromatic carbocycles. The largest absolute Gasteiger partial charge is 0.508 e. The van der Waals surface area contributed by atoms with Crippen LogP contribution in [0.5, 0.6) is 11.5 Å². The van der Waals surface area contributed by atoms with Crippen LogP contribution in [0.4, 0.5) is 0 Å². The Morgan fingerprint density at radius 3 is 2.00 bits per heavy atom. The van der Waals surface area contributed by atoms with Gasteiger partial charge in [0.25, 0.3) is 5.91 Å². The molecular weight excluding hydrogens is 744 g/mol. The number of ether oxygens (including phenoxy) is 2. The highest BCUT2D eigenvalue weighted by Crippen LogP contribution is 2.35. The Labute approximate surface area is 342 Å². The predicted molar refractivity (Wildman–Crippen MR) is 227 cm³/mol. The van der Waals surface area contributed by atoms with Crippen LogP contribution < -0.4 is 21.1 Å². The van der Waals surface area contributed by atoms with Gasteiger partial charge in [0.2, 0.25) is 11.8 Å². The Bertz CT molecular complexity index is 1860. The summed E-state index contributed by atoms with van der Waals surface area (Å²) in [5.41, 5.74) is 12.4. The molecule has 306 valence electrons. The molecule has 57 heavy (non-hydrogen) atoms. The number of carbonyl (C=O) groups excluding carboxylic acids is 3. The van der Waals surface area contributed by atoms with Crippen molar-refractivity contribution >= 4 is 41.3 Å². The van der Waals surface area contributed by atoms with E-state index in [9.17, 15) is 24.6 Å². The molecule has 12 heteroatoms. The van der Waals surface area contributed by atoms with Crippen molar-refractivity contribution in [3.05, 3.63) is 131 Å². The summed E-state index contributed by atoms with van der Waals surface area (Å²) in [6, 6.07) is 33.0. The van der Waals surface area contributed by atoms with E-state index in [1.807, 2.05) is 98.8 Å². The van der Waals surface area contributed by atoms with Crippen LogP contribution in [0, 0.1) is 5.92 Å².